The topological polar surface area (TPSA) is 38.0 Å². The highest BCUT2D eigenvalue weighted by atomic mass is 15.2. The van der Waals surface area contributed by atoms with Crippen LogP contribution >= 0.6 is 0 Å². The molecule has 0 aliphatic rings. The second kappa shape index (κ2) is 4.15. The van der Waals surface area contributed by atoms with E-state index in [0.717, 1.165) is 11.3 Å². The lowest BCUT2D eigenvalue weighted by Crippen LogP contribution is -2.07. The molecule has 0 fully saturated rings. The SMILES string of the molecule is Cc1ccc(-c2ccccc2NN)cc1. The van der Waals surface area contributed by atoms with Crippen LogP contribution in [0.25, 0.3) is 11.1 Å². The van der Waals surface area contributed by atoms with Gasteiger partial charge in [-0.15, -0.1) is 0 Å². The Morgan fingerprint density at radius 3 is 2.27 bits per heavy atom. The van der Waals surface area contributed by atoms with Crippen LogP contribution < -0.4 is 11.3 Å². The largest absolute Gasteiger partial charge is 0.324 e. The maximum absolute atomic E-state index is 5.47. The third kappa shape index (κ3) is 2.00. The number of para-hydroxylation sites is 1. The lowest BCUT2D eigenvalue weighted by molar-refractivity contribution is 1.35. The molecule has 2 aromatic rings. The molecule has 76 valence electrons. The zero-order valence-corrected chi connectivity index (χ0v) is 8.70. The fourth-order valence-electron chi connectivity index (χ4n) is 1.59. The zero-order chi connectivity index (χ0) is 10.7. The molecular weight excluding hydrogens is 184 g/mol. The number of benzene rings is 2. The van der Waals surface area contributed by atoms with Crippen molar-refractivity contribution in [3.8, 4) is 11.1 Å². The maximum Gasteiger partial charge on any atom is 0.0563 e. The highest BCUT2D eigenvalue weighted by molar-refractivity contribution is 5.77. The summed E-state index contributed by atoms with van der Waals surface area (Å²) in [7, 11) is 0. The Morgan fingerprint density at radius 2 is 1.60 bits per heavy atom. The minimum absolute atomic E-state index is 0.946. The molecule has 0 atom stereocenters. The van der Waals surface area contributed by atoms with Crippen molar-refractivity contribution in [1.82, 2.24) is 0 Å². The quantitative estimate of drug-likeness (QED) is 0.575. The summed E-state index contributed by atoms with van der Waals surface area (Å²) < 4.78 is 0. The van der Waals surface area contributed by atoms with Crippen molar-refractivity contribution in [2.24, 2.45) is 5.84 Å². The second-order valence-electron chi connectivity index (χ2n) is 3.56. The minimum atomic E-state index is 0.946. The van der Waals surface area contributed by atoms with Gasteiger partial charge in [-0.3, -0.25) is 5.84 Å². The third-order valence-corrected chi connectivity index (χ3v) is 2.45. The Bertz CT molecular complexity index is 446. The van der Waals surface area contributed by atoms with Crippen LogP contribution in [-0.4, -0.2) is 0 Å². The van der Waals surface area contributed by atoms with Gasteiger partial charge in [-0.25, -0.2) is 0 Å². The standard InChI is InChI=1S/C13H14N2/c1-10-6-8-11(9-7-10)12-4-2-3-5-13(12)15-14/h2-9,15H,14H2,1H3. The number of hydrazine groups is 1. The van der Waals surface area contributed by atoms with E-state index in [1.165, 1.54) is 11.1 Å². The third-order valence-electron chi connectivity index (χ3n) is 2.45. The lowest BCUT2D eigenvalue weighted by atomic mass is 10.0. The number of anilines is 1. The summed E-state index contributed by atoms with van der Waals surface area (Å²) in [4.78, 5) is 0. The first-order chi connectivity index (χ1) is 7.31. The Labute approximate surface area is 89.7 Å². The van der Waals surface area contributed by atoms with Crippen molar-refractivity contribution in [2.45, 2.75) is 6.92 Å². The normalized spacial score (nSPS) is 10.0. The molecule has 2 aromatic carbocycles. The minimum Gasteiger partial charge on any atom is -0.324 e. The average molecular weight is 198 g/mol. The molecule has 2 rings (SSSR count). The van der Waals surface area contributed by atoms with Crippen LogP contribution in [0.15, 0.2) is 48.5 Å². The predicted molar refractivity (Wildman–Crippen MR) is 64.4 cm³/mol. The van der Waals surface area contributed by atoms with Gasteiger partial charge in [0, 0.05) is 5.56 Å². The van der Waals surface area contributed by atoms with Crippen molar-refractivity contribution in [3.05, 3.63) is 54.1 Å². The zero-order valence-electron chi connectivity index (χ0n) is 8.70. The summed E-state index contributed by atoms with van der Waals surface area (Å²) in [6.07, 6.45) is 0. The van der Waals surface area contributed by atoms with Gasteiger partial charge in [0.25, 0.3) is 0 Å². The summed E-state index contributed by atoms with van der Waals surface area (Å²) in [6.45, 7) is 2.08. The van der Waals surface area contributed by atoms with Gasteiger partial charge in [0.2, 0.25) is 0 Å². The van der Waals surface area contributed by atoms with Crippen LogP contribution in [-0.2, 0) is 0 Å². The van der Waals surface area contributed by atoms with E-state index in [0.29, 0.717) is 0 Å². The monoisotopic (exact) mass is 198 g/mol. The van der Waals surface area contributed by atoms with Gasteiger partial charge in [-0.05, 0) is 18.6 Å². The molecule has 0 saturated heterocycles. The van der Waals surface area contributed by atoms with Gasteiger partial charge in [-0.1, -0.05) is 48.0 Å². The van der Waals surface area contributed by atoms with E-state index in [4.69, 9.17) is 5.84 Å². The molecule has 2 heteroatoms. The fourth-order valence-corrected chi connectivity index (χ4v) is 1.59. The Hall–Kier alpha value is -1.80. The second-order valence-corrected chi connectivity index (χ2v) is 3.56. The first-order valence-electron chi connectivity index (χ1n) is 4.94. The van der Waals surface area contributed by atoms with Crippen molar-refractivity contribution in [3.63, 3.8) is 0 Å². The summed E-state index contributed by atoms with van der Waals surface area (Å²) in [5.41, 5.74) is 7.22. The number of nitrogens with two attached hydrogens (primary N) is 1. The molecule has 15 heavy (non-hydrogen) atoms. The van der Waals surface area contributed by atoms with Gasteiger partial charge in [0.05, 0.1) is 5.69 Å². The molecule has 0 unspecified atom stereocenters. The van der Waals surface area contributed by atoms with Crippen molar-refractivity contribution >= 4 is 5.69 Å². The van der Waals surface area contributed by atoms with Crippen molar-refractivity contribution in [2.75, 3.05) is 5.43 Å². The van der Waals surface area contributed by atoms with E-state index in [-0.39, 0.29) is 0 Å². The van der Waals surface area contributed by atoms with Crippen LogP contribution in [0.3, 0.4) is 0 Å². The summed E-state index contributed by atoms with van der Waals surface area (Å²) >= 11 is 0. The molecule has 0 radical (unpaired) electrons. The molecule has 0 spiro atoms. The smallest absolute Gasteiger partial charge is 0.0563 e. The number of nitrogens with one attached hydrogen (secondary N) is 1. The summed E-state index contributed by atoms with van der Waals surface area (Å²) in [5, 5.41) is 0. The molecule has 0 bridgehead atoms. The van der Waals surface area contributed by atoms with Crippen LogP contribution in [0.2, 0.25) is 0 Å². The van der Waals surface area contributed by atoms with Crippen LogP contribution in [0.1, 0.15) is 5.56 Å². The number of rotatable bonds is 2. The molecule has 0 aromatic heterocycles. The molecule has 0 amide bonds. The van der Waals surface area contributed by atoms with Crippen molar-refractivity contribution < 1.29 is 0 Å². The van der Waals surface area contributed by atoms with Gasteiger partial charge in [0.15, 0.2) is 0 Å². The molecule has 2 nitrogen and oxygen atoms in total. The van der Waals surface area contributed by atoms with Gasteiger partial charge in [-0.2, -0.15) is 0 Å². The number of hydrogen-bond donors (Lipinski definition) is 2. The molecule has 0 aliphatic carbocycles. The molecule has 0 saturated carbocycles. The molecule has 0 aliphatic heterocycles. The number of aryl methyl sites for hydroxylation is 1. The van der Waals surface area contributed by atoms with Crippen LogP contribution in [0.4, 0.5) is 5.69 Å². The van der Waals surface area contributed by atoms with Gasteiger partial charge in [0.1, 0.15) is 0 Å². The first kappa shape index (κ1) is 9.74. The van der Waals surface area contributed by atoms with Gasteiger partial charge < -0.3 is 5.43 Å². The molecular formula is C13H14N2. The average Bonchev–Trinajstić information content (AvgIpc) is 2.30. The molecule has 0 heterocycles. The van der Waals surface area contributed by atoms with E-state index in [1.807, 2.05) is 18.2 Å². The Balaban J connectivity index is 2.49. The first-order valence-corrected chi connectivity index (χ1v) is 4.94. The number of hydrogen-bond acceptors (Lipinski definition) is 2. The number of nitrogen functional groups attached to an aromatic ring is 1. The van der Waals surface area contributed by atoms with E-state index >= 15 is 0 Å². The van der Waals surface area contributed by atoms with Gasteiger partial charge >= 0.3 is 0 Å². The molecule has 3 N–H and O–H groups in total. The fraction of sp³-hybridized carbons (Fsp3) is 0.0769. The summed E-state index contributed by atoms with van der Waals surface area (Å²) in [5.74, 6) is 5.47. The van der Waals surface area contributed by atoms with Crippen LogP contribution in [0, 0.1) is 6.92 Å². The lowest BCUT2D eigenvalue weighted by Gasteiger charge is -2.08. The predicted octanol–water partition coefficient (Wildman–Crippen LogP) is 2.95. The van der Waals surface area contributed by atoms with Crippen molar-refractivity contribution in [1.29, 1.82) is 0 Å². The Morgan fingerprint density at radius 1 is 0.933 bits per heavy atom. The van der Waals surface area contributed by atoms with E-state index in [1.54, 1.807) is 0 Å². The van der Waals surface area contributed by atoms with E-state index in [2.05, 4.69) is 42.7 Å². The van der Waals surface area contributed by atoms with E-state index < -0.39 is 0 Å². The highest BCUT2D eigenvalue weighted by Gasteiger charge is 2.01. The van der Waals surface area contributed by atoms with E-state index in [9.17, 15) is 0 Å². The maximum atomic E-state index is 5.47. The Kier molecular flexibility index (Phi) is 2.70. The van der Waals surface area contributed by atoms with Crippen LogP contribution in [0.5, 0.6) is 0 Å². The summed E-state index contributed by atoms with van der Waals surface area (Å²) in [6, 6.07) is 16.4. The highest BCUT2D eigenvalue weighted by Crippen LogP contribution is 2.26.